The first-order chi connectivity index (χ1) is 9.97. The normalized spacial score (nSPS) is 12.1. The molecule has 112 valence electrons. The Morgan fingerprint density at radius 2 is 1.76 bits per heavy atom. The molecule has 0 fully saturated rings. The van der Waals surface area contributed by atoms with Crippen LogP contribution in [-0.4, -0.2) is 19.3 Å². The van der Waals surface area contributed by atoms with E-state index in [0.717, 1.165) is 0 Å². The van der Waals surface area contributed by atoms with Crippen LogP contribution in [0.5, 0.6) is 11.5 Å². The van der Waals surface area contributed by atoms with Gasteiger partial charge in [-0.3, -0.25) is 0 Å². The van der Waals surface area contributed by atoms with Crippen LogP contribution < -0.4 is 9.47 Å². The highest BCUT2D eigenvalue weighted by molar-refractivity contribution is 9.10. The van der Waals surface area contributed by atoms with E-state index in [1.54, 1.807) is 18.2 Å². The van der Waals surface area contributed by atoms with Crippen molar-refractivity contribution in [2.24, 2.45) is 0 Å². The van der Waals surface area contributed by atoms with Crippen molar-refractivity contribution in [3.63, 3.8) is 0 Å². The Morgan fingerprint density at radius 1 is 1.14 bits per heavy atom. The third kappa shape index (κ3) is 3.31. The highest BCUT2D eigenvalue weighted by atomic mass is 79.9. The van der Waals surface area contributed by atoms with Crippen LogP contribution in [-0.2, 0) is 0 Å². The van der Waals surface area contributed by atoms with E-state index in [2.05, 4.69) is 15.9 Å². The first-order valence-electron chi connectivity index (χ1n) is 6.02. The summed E-state index contributed by atoms with van der Waals surface area (Å²) in [6.45, 7) is 0. The van der Waals surface area contributed by atoms with Gasteiger partial charge in [-0.05, 0) is 29.8 Å². The molecule has 2 aromatic rings. The van der Waals surface area contributed by atoms with Crippen molar-refractivity contribution in [2.75, 3.05) is 14.2 Å². The largest absolute Gasteiger partial charge is 0.493 e. The molecule has 0 aliphatic rings. The minimum atomic E-state index is -1.02. The predicted molar refractivity (Wildman–Crippen MR) is 82.7 cm³/mol. The highest BCUT2D eigenvalue weighted by Crippen LogP contribution is 2.38. The van der Waals surface area contributed by atoms with Gasteiger partial charge in [-0.1, -0.05) is 33.6 Å². The van der Waals surface area contributed by atoms with Gasteiger partial charge in [-0.25, -0.2) is 4.39 Å². The van der Waals surface area contributed by atoms with E-state index in [1.165, 1.54) is 26.4 Å². The van der Waals surface area contributed by atoms with E-state index in [1.807, 2.05) is 0 Å². The lowest BCUT2D eigenvalue weighted by atomic mass is 10.0. The number of ether oxygens (including phenoxy) is 2. The van der Waals surface area contributed by atoms with Crippen molar-refractivity contribution in [3.05, 3.63) is 56.8 Å². The lowest BCUT2D eigenvalue weighted by Crippen LogP contribution is -2.03. The van der Waals surface area contributed by atoms with Gasteiger partial charge in [-0.15, -0.1) is 0 Å². The second kappa shape index (κ2) is 6.64. The molecule has 0 spiro atoms. The van der Waals surface area contributed by atoms with Gasteiger partial charge in [0.05, 0.1) is 19.2 Å². The Labute approximate surface area is 135 Å². The lowest BCUT2D eigenvalue weighted by Gasteiger charge is -2.17. The fourth-order valence-corrected chi connectivity index (χ4v) is 2.60. The molecule has 0 bridgehead atoms. The van der Waals surface area contributed by atoms with Gasteiger partial charge >= 0.3 is 0 Å². The van der Waals surface area contributed by atoms with Crippen molar-refractivity contribution in [1.82, 2.24) is 0 Å². The molecule has 21 heavy (non-hydrogen) atoms. The Bertz CT molecular complexity index is 664. The maximum absolute atomic E-state index is 13.5. The number of aliphatic hydroxyl groups excluding tert-OH is 1. The third-order valence-electron chi connectivity index (χ3n) is 3.06. The Morgan fingerprint density at radius 3 is 2.33 bits per heavy atom. The van der Waals surface area contributed by atoms with Crippen LogP contribution in [0.4, 0.5) is 4.39 Å². The molecule has 0 aromatic heterocycles. The average molecular weight is 376 g/mol. The van der Waals surface area contributed by atoms with E-state index in [0.29, 0.717) is 27.1 Å². The molecule has 0 saturated heterocycles. The van der Waals surface area contributed by atoms with Crippen LogP contribution in [0.3, 0.4) is 0 Å². The molecule has 1 unspecified atom stereocenters. The summed E-state index contributed by atoms with van der Waals surface area (Å²) in [4.78, 5) is 0. The number of hydrogen-bond donors (Lipinski definition) is 1. The molecule has 0 aliphatic heterocycles. The number of rotatable bonds is 4. The van der Waals surface area contributed by atoms with Crippen LogP contribution in [0.2, 0.25) is 5.02 Å². The molecule has 2 rings (SSSR count). The van der Waals surface area contributed by atoms with E-state index in [9.17, 15) is 9.50 Å². The summed E-state index contributed by atoms with van der Waals surface area (Å²) < 4.78 is 24.5. The molecule has 0 aliphatic carbocycles. The standard InChI is InChI=1S/C15H13BrClFO3/c1-20-13-6-9(10(16)7-14(13)21-2)15(19)8-3-4-11(17)12(18)5-8/h3-7,15,19H,1-2H3. The molecule has 1 atom stereocenters. The van der Waals surface area contributed by atoms with Crippen molar-refractivity contribution in [2.45, 2.75) is 6.10 Å². The third-order valence-corrected chi connectivity index (χ3v) is 4.05. The maximum Gasteiger partial charge on any atom is 0.161 e. The molecule has 0 amide bonds. The Kier molecular flexibility index (Phi) is 5.08. The lowest BCUT2D eigenvalue weighted by molar-refractivity contribution is 0.218. The first-order valence-corrected chi connectivity index (χ1v) is 7.19. The van der Waals surface area contributed by atoms with E-state index in [4.69, 9.17) is 21.1 Å². The summed E-state index contributed by atoms with van der Waals surface area (Å²) >= 11 is 9.01. The number of hydrogen-bond acceptors (Lipinski definition) is 3. The smallest absolute Gasteiger partial charge is 0.161 e. The molecule has 1 N–H and O–H groups in total. The second-order valence-corrected chi connectivity index (χ2v) is 5.57. The SMILES string of the molecule is COc1cc(Br)c(C(O)c2ccc(Cl)c(F)c2)cc1OC. The van der Waals surface area contributed by atoms with Crippen molar-refractivity contribution in [3.8, 4) is 11.5 Å². The molecule has 0 heterocycles. The van der Waals surface area contributed by atoms with Crippen LogP contribution >= 0.6 is 27.5 Å². The molecule has 0 radical (unpaired) electrons. The summed E-state index contributed by atoms with van der Waals surface area (Å²) in [5.41, 5.74) is 0.930. The minimum absolute atomic E-state index is 0.0114. The second-order valence-electron chi connectivity index (χ2n) is 4.30. The predicted octanol–water partition coefficient (Wildman–Crippen LogP) is 4.34. The summed E-state index contributed by atoms with van der Waals surface area (Å²) in [7, 11) is 3.03. The zero-order chi connectivity index (χ0) is 15.6. The van der Waals surface area contributed by atoms with Crippen LogP contribution in [0.1, 0.15) is 17.2 Å². The zero-order valence-electron chi connectivity index (χ0n) is 11.4. The summed E-state index contributed by atoms with van der Waals surface area (Å²) in [5.74, 6) is 0.427. The first kappa shape index (κ1) is 16.1. The fraction of sp³-hybridized carbons (Fsp3) is 0.200. The fourth-order valence-electron chi connectivity index (χ4n) is 1.94. The Hall–Kier alpha value is -1.30. The van der Waals surface area contributed by atoms with Gasteiger partial charge in [0.25, 0.3) is 0 Å². The van der Waals surface area contributed by atoms with Gasteiger partial charge in [-0.2, -0.15) is 0 Å². The summed E-state index contributed by atoms with van der Waals surface area (Å²) in [6.07, 6.45) is -1.02. The van der Waals surface area contributed by atoms with Crippen LogP contribution in [0.25, 0.3) is 0 Å². The van der Waals surface area contributed by atoms with E-state index >= 15 is 0 Å². The van der Waals surface area contributed by atoms with Crippen molar-refractivity contribution >= 4 is 27.5 Å². The van der Waals surface area contributed by atoms with Gasteiger partial charge in [0.1, 0.15) is 11.9 Å². The highest BCUT2D eigenvalue weighted by Gasteiger charge is 2.18. The number of halogens is 3. The van der Waals surface area contributed by atoms with Gasteiger partial charge < -0.3 is 14.6 Å². The number of benzene rings is 2. The van der Waals surface area contributed by atoms with E-state index in [-0.39, 0.29) is 5.02 Å². The van der Waals surface area contributed by atoms with Crippen molar-refractivity contribution < 1.29 is 19.0 Å². The van der Waals surface area contributed by atoms with Crippen LogP contribution in [0, 0.1) is 5.82 Å². The molecule has 6 heteroatoms. The van der Waals surface area contributed by atoms with E-state index < -0.39 is 11.9 Å². The topological polar surface area (TPSA) is 38.7 Å². The minimum Gasteiger partial charge on any atom is -0.493 e. The van der Waals surface area contributed by atoms with Gasteiger partial charge in [0, 0.05) is 10.0 Å². The average Bonchev–Trinajstić information content (AvgIpc) is 2.49. The molecular weight excluding hydrogens is 363 g/mol. The summed E-state index contributed by atoms with van der Waals surface area (Å²) in [6, 6.07) is 7.50. The quantitative estimate of drug-likeness (QED) is 0.864. The zero-order valence-corrected chi connectivity index (χ0v) is 13.7. The molecule has 3 nitrogen and oxygen atoms in total. The maximum atomic E-state index is 13.5. The number of aliphatic hydroxyl groups is 1. The molecule has 2 aromatic carbocycles. The van der Waals surface area contributed by atoms with Crippen LogP contribution in [0.15, 0.2) is 34.8 Å². The van der Waals surface area contributed by atoms with Gasteiger partial charge in [0.2, 0.25) is 0 Å². The molecule has 0 saturated carbocycles. The van der Waals surface area contributed by atoms with Crippen molar-refractivity contribution in [1.29, 1.82) is 0 Å². The summed E-state index contributed by atoms with van der Waals surface area (Å²) in [5, 5.41) is 10.4. The number of methoxy groups -OCH3 is 2. The Balaban J connectivity index is 2.47. The van der Waals surface area contributed by atoms with Gasteiger partial charge in [0.15, 0.2) is 11.5 Å². The monoisotopic (exact) mass is 374 g/mol. The molecular formula is C15H13BrClFO3.